The molecule has 1 heterocycles. The zero-order valence-electron chi connectivity index (χ0n) is 6.84. The minimum absolute atomic E-state index is 0.154. The van der Waals surface area contributed by atoms with Gasteiger partial charge in [-0.05, 0) is 0 Å². The number of hydrogen-bond donors (Lipinski definition) is 3. The van der Waals surface area contributed by atoms with Crippen LogP contribution >= 0.6 is 17.6 Å². The van der Waals surface area contributed by atoms with Crippen molar-refractivity contribution >= 4 is 17.6 Å². The monoisotopic (exact) mass is 230 g/mol. The van der Waals surface area contributed by atoms with Crippen LogP contribution in [0.1, 0.15) is 0 Å². The first-order valence-corrected chi connectivity index (χ1v) is 5.58. The third-order valence-corrected chi connectivity index (χ3v) is 2.71. The highest BCUT2D eigenvalue weighted by atomic mass is 31.2. The summed E-state index contributed by atoms with van der Waals surface area (Å²) >= 11 is 0. The first kappa shape index (κ1) is 11.7. The van der Waals surface area contributed by atoms with Crippen LogP contribution in [-0.4, -0.2) is 41.3 Å². The summed E-state index contributed by atoms with van der Waals surface area (Å²) in [6.45, 7) is 0.342. The third kappa shape index (κ3) is 3.35. The van der Waals surface area contributed by atoms with Crippen molar-refractivity contribution in [3.63, 3.8) is 0 Å². The molecule has 78 valence electrons. The van der Waals surface area contributed by atoms with E-state index in [-0.39, 0.29) is 26.4 Å². The van der Waals surface area contributed by atoms with Gasteiger partial charge in [-0.25, -0.2) is 0 Å². The Labute approximate surface area is 78.8 Å². The highest BCUT2D eigenvalue weighted by Crippen LogP contribution is 2.42. The van der Waals surface area contributed by atoms with Crippen molar-refractivity contribution in [3.05, 3.63) is 0 Å². The molecular formula is C5H12O6P2. The van der Waals surface area contributed by atoms with Crippen molar-refractivity contribution in [1.82, 2.24) is 0 Å². The fourth-order valence-corrected chi connectivity index (χ4v) is 2.08. The molecule has 8 heteroatoms. The summed E-state index contributed by atoms with van der Waals surface area (Å²) in [5.41, 5.74) is -0.655. The molecule has 1 aliphatic heterocycles. The summed E-state index contributed by atoms with van der Waals surface area (Å²) in [7, 11) is -2.42. The molecule has 0 aromatic heterocycles. The van der Waals surface area contributed by atoms with E-state index >= 15 is 0 Å². The van der Waals surface area contributed by atoms with Crippen LogP contribution in [0.4, 0.5) is 0 Å². The van der Waals surface area contributed by atoms with Gasteiger partial charge in [0.2, 0.25) is 0 Å². The van der Waals surface area contributed by atoms with Crippen LogP contribution < -0.4 is 0 Å². The maximum atomic E-state index is 9.06. The van der Waals surface area contributed by atoms with Crippen LogP contribution in [0.3, 0.4) is 0 Å². The highest BCUT2D eigenvalue weighted by Gasteiger charge is 2.37. The molecule has 6 nitrogen and oxygen atoms in total. The lowest BCUT2D eigenvalue weighted by Gasteiger charge is -2.35. The average Bonchev–Trinajstić information content (AvgIpc) is 2.18. The van der Waals surface area contributed by atoms with Crippen molar-refractivity contribution in [2.24, 2.45) is 5.41 Å². The summed E-state index contributed by atoms with van der Waals surface area (Å²) in [5.74, 6) is 0. The van der Waals surface area contributed by atoms with E-state index < -0.39 is 23.1 Å². The van der Waals surface area contributed by atoms with Gasteiger partial charge in [-0.2, -0.15) is 0 Å². The zero-order chi connectivity index (χ0) is 9.73. The van der Waals surface area contributed by atoms with Crippen LogP contribution in [0.5, 0.6) is 0 Å². The first-order chi connectivity index (χ1) is 6.22. The van der Waals surface area contributed by atoms with Crippen LogP contribution in [0.15, 0.2) is 0 Å². The van der Waals surface area contributed by atoms with Crippen molar-refractivity contribution in [1.29, 1.82) is 0 Å². The van der Waals surface area contributed by atoms with Gasteiger partial charge in [-0.3, -0.25) is 0 Å². The Kier molecular flexibility index (Phi) is 4.94. The van der Waals surface area contributed by atoms with Gasteiger partial charge in [0.25, 0.3) is 0 Å². The largest absolute Gasteiger partial charge is 0.396 e. The maximum absolute atomic E-state index is 9.06. The number of aliphatic hydroxyl groups is 1. The molecule has 0 saturated carbocycles. The van der Waals surface area contributed by atoms with Gasteiger partial charge in [0, 0.05) is 0 Å². The summed E-state index contributed by atoms with van der Waals surface area (Å²) in [4.78, 5) is 17.4. The van der Waals surface area contributed by atoms with E-state index in [0.717, 1.165) is 0 Å². The van der Waals surface area contributed by atoms with Crippen LogP contribution in [-0.2, 0) is 13.6 Å². The van der Waals surface area contributed by atoms with Crippen molar-refractivity contribution in [3.8, 4) is 0 Å². The minimum atomic E-state index is -1.80. The van der Waals surface area contributed by atoms with E-state index in [4.69, 9.17) is 28.5 Å². The number of aliphatic hydroxyl groups excluding tert-OH is 1. The number of hydrogen-bond acceptors (Lipinski definition) is 6. The molecule has 0 aromatic rings. The van der Waals surface area contributed by atoms with Gasteiger partial charge in [0.1, 0.15) is 0 Å². The van der Waals surface area contributed by atoms with Crippen LogP contribution in [0.25, 0.3) is 0 Å². The SMILES string of the molecule is OCC1(COPO)COP(O)OC1. The molecule has 1 unspecified atom stereocenters. The van der Waals surface area contributed by atoms with Gasteiger partial charge in [0.05, 0.1) is 31.8 Å². The molecule has 1 fully saturated rings. The Hall–Kier alpha value is 0.620. The summed E-state index contributed by atoms with van der Waals surface area (Å²) in [6, 6.07) is 0. The standard InChI is InChI=1S/C5H12O6P2/c6-1-5(2-9-12-7)3-10-13(8)11-4-5/h6-8,12H,1-4H2. The Bertz CT molecular complexity index is 142. The van der Waals surface area contributed by atoms with Gasteiger partial charge in [0.15, 0.2) is 9.03 Å². The van der Waals surface area contributed by atoms with Crippen molar-refractivity contribution < 1.29 is 28.5 Å². The molecule has 1 rings (SSSR count). The van der Waals surface area contributed by atoms with E-state index in [1.165, 1.54) is 0 Å². The molecule has 1 saturated heterocycles. The zero-order valence-corrected chi connectivity index (χ0v) is 8.74. The van der Waals surface area contributed by atoms with E-state index in [2.05, 4.69) is 0 Å². The smallest absolute Gasteiger partial charge is 0.329 e. The molecule has 1 aliphatic rings. The Morgan fingerprint density at radius 3 is 2.54 bits per heavy atom. The molecular weight excluding hydrogens is 218 g/mol. The molecule has 13 heavy (non-hydrogen) atoms. The fraction of sp³-hybridized carbons (Fsp3) is 1.00. The molecule has 0 aromatic carbocycles. The minimum Gasteiger partial charge on any atom is -0.396 e. The Morgan fingerprint density at radius 2 is 2.08 bits per heavy atom. The van der Waals surface area contributed by atoms with Crippen molar-refractivity contribution in [2.45, 2.75) is 0 Å². The lowest BCUT2D eigenvalue weighted by molar-refractivity contribution is -0.0456. The van der Waals surface area contributed by atoms with Crippen LogP contribution in [0, 0.1) is 5.41 Å². The topological polar surface area (TPSA) is 88.4 Å². The first-order valence-electron chi connectivity index (χ1n) is 3.59. The average molecular weight is 230 g/mol. The van der Waals surface area contributed by atoms with E-state index in [1.54, 1.807) is 0 Å². The molecule has 0 amide bonds. The predicted molar refractivity (Wildman–Crippen MR) is 47.0 cm³/mol. The Morgan fingerprint density at radius 1 is 1.46 bits per heavy atom. The summed E-state index contributed by atoms with van der Waals surface area (Å²) in [5, 5.41) is 9.06. The second-order valence-corrected chi connectivity index (χ2v) is 4.29. The lowest BCUT2D eigenvalue weighted by atomic mass is 9.93. The molecule has 1 atom stereocenters. The second-order valence-electron chi connectivity index (χ2n) is 2.82. The highest BCUT2D eigenvalue weighted by molar-refractivity contribution is 7.40. The third-order valence-electron chi connectivity index (χ3n) is 1.74. The molecule has 0 radical (unpaired) electrons. The van der Waals surface area contributed by atoms with E-state index in [9.17, 15) is 0 Å². The maximum Gasteiger partial charge on any atom is 0.329 e. The van der Waals surface area contributed by atoms with Gasteiger partial charge in [-0.15, -0.1) is 0 Å². The summed E-state index contributed by atoms with van der Waals surface area (Å²) in [6.07, 6.45) is 0. The molecule has 0 spiro atoms. The predicted octanol–water partition coefficient (Wildman–Crippen LogP) is -0.252. The molecule has 0 bridgehead atoms. The lowest BCUT2D eigenvalue weighted by Crippen LogP contribution is -2.41. The van der Waals surface area contributed by atoms with Crippen molar-refractivity contribution in [2.75, 3.05) is 26.4 Å². The van der Waals surface area contributed by atoms with Gasteiger partial charge in [-0.1, -0.05) is 0 Å². The molecule has 3 N–H and O–H groups in total. The second kappa shape index (κ2) is 5.49. The van der Waals surface area contributed by atoms with E-state index in [1.807, 2.05) is 0 Å². The normalized spacial score (nSPS) is 35.8. The fourth-order valence-electron chi connectivity index (χ4n) is 0.869. The Balaban J connectivity index is 2.40. The number of rotatable bonds is 4. The van der Waals surface area contributed by atoms with E-state index in [0.29, 0.717) is 0 Å². The van der Waals surface area contributed by atoms with Gasteiger partial charge < -0.3 is 28.5 Å². The quantitative estimate of drug-likeness (QED) is 0.577. The molecule has 0 aliphatic carbocycles. The van der Waals surface area contributed by atoms with Gasteiger partial charge >= 0.3 is 8.60 Å². The van der Waals surface area contributed by atoms with Crippen LogP contribution in [0.2, 0.25) is 0 Å². The summed E-state index contributed by atoms with van der Waals surface area (Å²) < 4.78 is 14.5.